The lowest BCUT2D eigenvalue weighted by Gasteiger charge is -2.31. The number of esters is 1. The standard InChI is InChI=1S/C37H44F2N6O9/c1-3-36(52)26-19-28-32-24(20-45(28)33(49)25(26)21-54-34(36)50)31(23-10-4-5-11-27(23)42-32)37(38,39)14-6-9-22(2)43-44-35(51)41-16-8-18-53-17-7-15-40-29(46)12-13-30(47)48/h4-5,10-11,19,52H,3,6-9,12-18,20-21H2,1-2H3,(H,40,46)(H,47,48)(H2,41,44,51)/b43-22-. The molecule has 54 heavy (non-hydrogen) atoms. The average Bonchev–Trinajstić information content (AvgIpc) is 3.51. The molecule has 1 aromatic carbocycles. The molecule has 5 N–H and O–H groups in total. The molecule has 0 saturated carbocycles. The number of fused-ring (bicyclic) bond motifs is 5. The zero-order valence-electron chi connectivity index (χ0n) is 30.1. The molecule has 0 fully saturated rings. The number of aromatic nitrogens is 2. The molecule has 4 heterocycles. The lowest BCUT2D eigenvalue weighted by atomic mass is 9.86. The molecule has 2 aliphatic heterocycles. The number of carbonyl (C=O) groups is 4. The number of nitrogens with zero attached hydrogens (tertiary/aromatic N) is 3. The number of hydrogen-bond donors (Lipinski definition) is 5. The zero-order valence-corrected chi connectivity index (χ0v) is 30.1. The highest BCUT2D eigenvalue weighted by molar-refractivity contribution is 5.90. The summed E-state index contributed by atoms with van der Waals surface area (Å²) in [5, 5.41) is 29.3. The maximum absolute atomic E-state index is 16.3. The molecule has 1 atom stereocenters. The van der Waals surface area contributed by atoms with Crippen molar-refractivity contribution in [2.45, 2.75) is 89.9 Å². The minimum Gasteiger partial charge on any atom is -0.481 e. The Kier molecular flexibility index (Phi) is 12.7. The maximum atomic E-state index is 16.3. The second-order valence-corrected chi connectivity index (χ2v) is 13.3. The van der Waals surface area contributed by atoms with Crippen LogP contribution < -0.4 is 21.6 Å². The molecule has 1 unspecified atom stereocenters. The van der Waals surface area contributed by atoms with Gasteiger partial charge in [-0.1, -0.05) is 25.1 Å². The molecule has 3 aromatic rings. The number of ether oxygens (including phenoxy) is 2. The van der Waals surface area contributed by atoms with Crippen molar-refractivity contribution in [3.8, 4) is 11.4 Å². The number of cyclic esters (lactones) is 1. The van der Waals surface area contributed by atoms with E-state index in [2.05, 4.69) is 26.1 Å². The van der Waals surface area contributed by atoms with Crippen molar-refractivity contribution in [3.05, 3.63) is 62.9 Å². The number of carboxylic acids is 1. The van der Waals surface area contributed by atoms with E-state index in [1.807, 2.05) is 0 Å². The largest absolute Gasteiger partial charge is 0.481 e. The molecule has 3 amide bonds. The van der Waals surface area contributed by atoms with Crippen LogP contribution in [0.2, 0.25) is 0 Å². The first-order valence-corrected chi connectivity index (χ1v) is 17.9. The molecule has 0 spiro atoms. The smallest absolute Gasteiger partial charge is 0.343 e. The number of urea groups is 1. The van der Waals surface area contributed by atoms with Crippen molar-refractivity contribution in [1.82, 2.24) is 25.6 Å². The van der Waals surface area contributed by atoms with Crippen molar-refractivity contribution in [2.75, 3.05) is 26.3 Å². The van der Waals surface area contributed by atoms with Gasteiger partial charge in [-0.15, -0.1) is 0 Å². The van der Waals surface area contributed by atoms with Crippen molar-refractivity contribution in [3.63, 3.8) is 0 Å². The van der Waals surface area contributed by atoms with E-state index in [-0.39, 0.29) is 90.2 Å². The first kappa shape index (κ1) is 39.9. The Morgan fingerprint density at radius 1 is 1.06 bits per heavy atom. The molecule has 290 valence electrons. The van der Waals surface area contributed by atoms with E-state index in [0.29, 0.717) is 50.4 Å². The summed E-state index contributed by atoms with van der Waals surface area (Å²) in [6.45, 7) is 4.12. The number of halogens is 2. The monoisotopic (exact) mass is 754 g/mol. The molecule has 2 aromatic heterocycles. The van der Waals surface area contributed by atoms with Gasteiger partial charge in [0.1, 0.15) is 6.61 Å². The molecule has 0 bridgehead atoms. The van der Waals surface area contributed by atoms with Gasteiger partial charge < -0.3 is 34.9 Å². The van der Waals surface area contributed by atoms with Crippen LogP contribution in [0.1, 0.15) is 87.5 Å². The molecular formula is C37H44F2N6O9. The van der Waals surface area contributed by atoms with E-state index in [4.69, 9.17) is 14.6 Å². The number of aliphatic carboxylic acids is 1. The fraction of sp³-hybridized carbons (Fsp3) is 0.486. The van der Waals surface area contributed by atoms with Gasteiger partial charge in [0.05, 0.1) is 35.4 Å². The zero-order chi connectivity index (χ0) is 39.0. The van der Waals surface area contributed by atoms with Gasteiger partial charge in [-0.05, 0) is 51.2 Å². The fourth-order valence-corrected chi connectivity index (χ4v) is 6.57. The van der Waals surface area contributed by atoms with Crippen LogP contribution in [0.25, 0.3) is 22.3 Å². The first-order valence-electron chi connectivity index (χ1n) is 17.9. The Bertz CT molecular complexity index is 2020. The Morgan fingerprint density at radius 2 is 1.78 bits per heavy atom. The second kappa shape index (κ2) is 17.2. The minimum absolute atomic E-state index is 0.0323. The summed E-state index contributed by atoms with van der Waals surface area (Å²) in [4.78, 5) is 65.0. The van der Waals surface area contributed by atoms with Crippen LogP contribution in [0.3, 0.4) is 0 Å². The van der Waals surface area contributed by atoms with E-state index in [1.165, 1.54) is 10.6 Å². The van der Waals surface area contributed by atoms with Gasteiger partial charge in [-0.25, -0.2) is 28.8 Å². The van der Waals surface area contributed by atoms with Crippen molar-refractivity contribution >= 4 is 40.5 Å². The Morgan fingerprint density at radius 3 is 2.50 bits per heavy atom. The van der Waals surface area contributed by atoms with E-state index >= 15 is 8.78 Å². The van der Waals surface area contributed by atoms with Gasteiger partial charge in [-0.3, -0.25) is 14.4 Å². The third kappa shape index (κ3) is 8.90. The third-order valence-corrected chi connectivity index (χ3v) is 9.44. The first-order chi connectivity index (χ1) is 25.8. The van der Waals surface area contributed by atoms with E-state index in [1.54, 1.807) is 38.1 Å². The lowest BCUT2D eigenvalue weighted by Crippen LogP contribution is -2.44. The minimum atomic E-state index is -3.34. The van der Waals surface area contributed by atoms with Gasteiger partial charge in [0, 0.05) is 66.9 Å². The summed E-state index contributed by atoms with van der Waals surface area (Å²) in [6, 6.07) is 7.45. The van der Waals surface area contributed by atoms with Crippen LogP contribution in [0.5, 0.6) is 0 Å². The fourth-order valence-electron chi connectivity index (χ4n) is 6.57. The SMILES string of the molecule is CCC1(O)C(=O)OCc2c1cc1n(c2=O)Cc2c-1nc1ccccc1c2C(F)(F)CCC/C(C)=N\NC(=O)NCCCOCCCNC(=O)CCC(=O)O. The summed E-state index contributed by atoms with van der Waals surface area (Å²) < 4.78 is 44.6. The number of hydrogen-bond acceptors (Lipinski definition) is 10. The van der Waals surface area contributed by atoms with Gasteiger partial charge in [-0.2, -0.15) is 5.10 Å². The number of nitrogens with one attached hydrogen (secondary N) is 3. The van der Waals surface area contributed by atoms with Crippen LogP contribution in [-0.2, 0) is 48.5 Å². The topological polar surface area (TPSA) is 211 Å². The number of hydrazone groups is 1. The Balaban J connectivity index is 1.14. The van der Waals surface area contributed by atoms with Gasteiger partial charge in [0.2, 0.25) is 5.91 Å². The normalized spacial score (nSPS) is 16.3. The van der Waals surface area contributed by atoms with Crippen LogP contribution in [0.4, 0.5) is 13.6 Å². The molecule has 5 rings (SSSR count). The molecule has 2 aliphatic rings. The molecule has 15 nitrogen and oxygen atoms in total. The highest BCUT2D eigenvalue weighted by atomic mass is 19.3. The summed E-state index contributed by atoms with van der Waals surface area (Å²) in [5.74, 6) is -5.58. The number of alkyl halides is 2. The van der Waals surface area contributed by atoms with E-state index < -0.39 is 41.5 Å². The van der Waals surface area contributed by atoms with E-state index in [9.17, 15) is 29.1 Å². The van der Waals surface area contributed by atoms with Crippen molar-refractivity contribution < 1.29 is 47.6 Å². The number of aliphatic hydroxyl groups is 1. The predicted molar refractivity (Wildman–Crippen MR) is 192 cm³/mol. The van der Waals surface area contributed by atoms with Crippen LogP contribution in [0, 0.1) is 0 Å². The molecular weight excluding hydrogens is 710 g/mol. The number of para-hydroxylation sites is 1. The predicted octanol–water partition coefficient (Wildman–Crippen LogP) is 3.79. The van der Waals surface area contributed by atoms with E-state index in [0.717, 1.165) is 0 Å². The van der Waals surface area contributed by atoms with Gasteiger partial charge in [0.15, 0.2) is 5.60 Å². The highest BCUT2D eigenvalue weighted by Crippen LogP contribution is 2.46. The molecule has 17 heteroatoms. The summed E-state index contributed by atoms with van der Waals surface area (Å²) in [5.41, 5.74) is 1.12. The molecule has 0 aliphatic carbocycles. The third-order valence-electron chi connectivity index (χ3n) is 9.44. The number of benzene rings is 1. The second-order valence-electron chi connectivity index (χ2n) is 13.3. The number of carboxylic acid groups (broad SMARTS) is 1. The van der Waals surface area contributed by atoms with Crippen molar-refractivity contribution in [2.24, 2.45) is 5.10 Å². The number of amides is 3. The molecule has 0 saturated heterocycles. The summed E-state index contributed by atoms with van der Waals surface area (Å²) in [6.07, 6.45) is 0.374. The van der Waals surface area contributed by atoms with Crippen LogP contribution in [0.15, 0.2) is 40.2 Å². The summed E-state index contributed by atoms with van der Waals surface area (Å²) >= 11 is 0. The lowest BCUT2D eigenvalue weighted by molar-refractivity contribution is -0.172. The quantitative estimate of drug-likeness (QED) is 0.0429. The summed E-state index contributed by atoms with van der Waals surface area (Å²) in [7, 11) is 0. The van der Waals surface area contributed by atoms with Crippen LogP contribution in [-0.4, -0.2) is 75.7 Å². The van der Waals surface area contributed by atoms with Crippen LogP contribution >= 0.6 is 0 Å². The average molecular weight is 755 g/mol. The number of rotatable bonds is 18. The Hall–Kier alpha value is -5.29. The van der Waals surface area contributed by atoms with Gasteiger partial charge in [0.25, 0.3) is 11.5 Å². The van der Waals surface area contributed by atoms with Gasteiger partial charge >= 0.3 is 18.0 Å². The van der Waals surface area contributed by atoms with Crippen molar-refractivity contribution in [1.29, 1.82) is 0 Å². The number of carbonyl (C=O) groups excluding carboxylic acids is 3. The maximum Gasteiger partial charge on any atom is 0.343 e. The highest BCUT2D eigenvalue weighted by Gasteiger charge is 2.46. The molecule has 0 radical (unpaired) electrons. The number of pyridine rings is 2. The Labute approximate surface area is 309 Å².